The number of aromatic nitrogens is 2. The molecule has 2 aromatic rings. The number of thioether (sulfide) groups is 1. The average Bonchev–Trinajstić information content (AvgIpc) is 2.78. The lowest BCUT2D eigenvalue weighted by atomic mass is 10.3. The maximum Gasteiger partial charge on any atom is 0.387 e. The van der Waals surface area contributed by atoms with Crippen molar-refractivity contribution in [2.75, 3.05) is 5.75 Å². The number of ether oxygens (including phenoxy) is 1. The molecule has 0 atom stereocenters. The lowest BCUT2D eigenvalue weighted by Gasteiger charge is -2.08. The van der Waals surface area contributed by atoms with Crippen LogP contribution in [0.25, 0.3) is 5.69 Å². The number of halogens is 2. The van der Waals surface area contributed by atoms with Crippen LogP contribution >= 0.6 is 11.8 Å². The van der Waals surface area contributed by atoms with Gasteiger partial charge in [-0.1, -0.05) is 11.8 Å². The number of carbonyl (C=O) groups is 1. The third-order valence-corrected chi connectivity index (χ3v) is 3.40. The highest BCUT2D eigenvalue weighted by Gasteiger charge is 2.11. The van der Waals surface area contributed by atoms with Crippen molar-refractivity contribution in [3.63, 3.8) is 0 Å². The number of imidazole rings is 1. The zero-order valence-electron chi connectivity index (χ0n) is 11.0. The van der Waals surface area contributed by atoms with Crippen molar-refractivity contribution in [2.24, 2.45) is 0 Å². The van der Waals surface area contributed by atoms with Gasteiger partial charge in [-0.3, -0.25) is 9.36 Å². The largest absolute Gasteiger partial charge is 0.481 e. The molecule has 0 aliphatic rings. The van der Waals surface area contributed by atoms with Crippen LogP contribution in [0.5, 0.6) is 5.75 Å². The number of benzene rings is 1. The number of hydrogen-bond donors (Lipinski definition) is 1. The van der Waals surface area contributed by atoms with Crippen LogP contribution in [0.2, 0.25) is 0 Å². The first-order chi connectivity index (χ1) is 9.95. The van der Waals surface area contributed by atoms with E-state index in [-0.39, 0.29) is 11.5 Å². The number of carboxylic acid groups (broad SMARTS) is 1. The highest BCUT2D eigenvalue weighted by atomic mass is 32.2. The van der Waals surface area contributed by atoms with Gasteiger partial charge < -0.3 is 9.84 Å². The Hall–Kier alpha value is -2.09. The third kappa shape index (κ3) is 4.19. The maximum atomic E-state index is 12.1. The first-order valence-corrected chi connectivity index (χ1v) is 6.90. The summed E-state index contributed by atoms with van der Waals surface area (Å²) in [4.78, 5) is 14.9. The molecule has 2 rings (SSSR count). The summed E-state index contributed by atoms with van der Waals surface area (Å²) in [6, 6.07) is 6.04. The van der Waals surface area contributed by atoms with Gasteiger partial charge in [0.25, 0.3) is 0 Å². The predicted octanol–water partition coefficient (Wildman–Crippen LogP) is 2.96. The van der Waals surface area contributed by atoms with Crippen LogP contribution in [0.1, 0.15) is 5.69 Å². The molecule has 0 aliphatic carbocycles. The number of aliphatic carboxylic acids is 1. The average molecular weight is 314 g/mol. The van der Waals surface area contributed by atoms with E-state index in [9.17, 15) is 13.6 Å². The van der Waals surface area contributed by atoms with Gasteiger partial charge in [0.1, 0.15) is 5.75 Å². The molecule has 112 valence electrons. The number of aryl methyl sites for hydroxylation is 1. The van der Waals surface area contributed by atoms with Crippen molar-refractivity contribution in [1.82, 2.24) is 9.55 Å². The van der Waals surface area contributed by atoms with Gasteiger partial charge >= 0.3 is 12.6 Å². The van der Waals surface area contributed by atoms with Crippen LogP contribution in [-0.2, 0) is 4.79 Å². The molecular formula is C13H12F2N2O3S. The van der Waals surface area contributed by atoms with Crippen LogP contribution in [-0.4, -0.2) is 33.0 Å². The van der Waals surface area contributed by atoms with Gasteiger partial charge in [-0.05, 0) is 31.2 Å². The molecular weight excluding hydrogens is 302 g/mol. The van der Waals surface area contributed by atoms with E-state index in [0.29, 0.717) is 10.8 Å². The van der Waals surface area contributed by atoms with Gasteiger partial charge in [0.2, 0.25) is 0 Å². The van der Waals surface area contributed by atoms with Gasteiger partial charge in [-0.2, -0.15) is 8.78 Å². The zero-order chi connectivity index (χ0) is 15.4. The summed E-state index contributed by atoms with van der Waals surface area (Å²) in [6.45, 7) is -1.08. The Bertz CT molecular complexity index is 629. The lowest BCUT2D eigenvalue weighted by molar-refractivity contribution is -0.133. The molecule has 0 bridgehead atoms. The first kappa shape index (κ1) is 15.3. The molecule has 1 N–H and O–H groups in total. The minimum atomic E-state index is -2.87. The number of rotatable bonds is 6. The fourth-order valence-electron chi connectivity index (χ4n) is 1.68. The van der Waals surface area contributed by atoms with Gasteiger partial charge in [0, 0.05) is 11.9 Å². The second-order valence-electron chi connectivity index (χ2n) is 4.09. The van der Waals surface area contributed by atoms with Gasteiger partial charge in [0.05, 0.1) is 11.4 Å². The van der Waals surface area contributed by atoms with E-state index in [0.717, 1.165) is 17.5 Å². The van der Waals surface area contributed by atoms with E-state index >= 15 is 0 Å². The number of alkyl halides is 2. The minimum absolute atomic E-state index is 0.0605. The normalized spacial score (nSPS) is 10.9. The van der Waals surface area contributed by atoms with E-state index in [1.165, 1.54) is 12.1 Å². The maximum absolute atomic E-state index is 12.1. The molecule has 0 aliphatic heterocycles. The van der Waals surface area contributed by atoms with Crippen molar-refractivity contribution in [1.29, 1.82) is 0 Å². The fourth-order valence-corrected chi connectivity index (χ4v) is 2.44. The Labute approximate surface area is 123 Å². The van der Waals surface area contributed by atoms with E-state index in [1.54, 1.807) is 29.8 Å². The molecule has 1 aromatic heterocycles. The van der Waals surface area contributed by atoms with Crippen molar-refractivity contribution < 1.29 is 23.4 Å². The molecule has 1 heterocycles. The molecule has 5 nitrogen and oxygen atoms in total. The fraction of sp³-hybridized carbons (Fsp3) is 0.231. The highest BCUT2D eigenvalue weighted by molar-refractivity contribution is 7.99. The number of nitrogens with zero attached hydrogens (tertiary/aromatic N) is 2. The standard InChI is InChI=1S/C13H12F2N2O3S/c1-8-6-17(13(16-8)21-7-11(18)19)9-2-4-10(5-3-9)20-12(14)15/h2-6,12H,7H2,1H3,(H,18,19). The van der Waals surface area contributed by atoms with Crippen LogP contribution in [0.3, 0.4) is 0 Å². The van der Waals surface area contributed by atoms with Crippen molar-refractivity contribution >= 4 is 17.7 Å². The molecule has 8 heteroatoms. The van der Waals surface area contributed by atoms with Crippen LogP contribution in [0.4, 0.5) is 8.78 Å². The van der Waals surface area contributed by atoms with Crippen molar-refractivity contribution in [3.8, 4) is 11.4 Å². The van der Waals surface area contributed by atoms with Gasteiger partial charge in [-0.25, -0.2) is 4.98 Å². The number of carboxylic acids is 1. The summed E-state index contributed by atoms with van der Waals surface area (Å²) in [5.74, 6) is -0.985. The Morgan fingerprint density at radius 3 is 2.67 bits per heavy atom. The Kier molecular flexibility index (Phi) is 4.79. The first-order valence-electron chi connectivity index (χ1n) is 5.91. The van der Waals surface area contributed by atoms with E-state index < -0.39 is 12.6 Å². The molecule has 0 unspecified atom stereocenters. The SMILES string of the molecule is Cc1cn(-c2ccc(OC(F)F)cc2)c(SCC(=O)O)n1. The van der Waals surface area contributed by atoms with E-state index in [2.05, 4.69) is 9.72 Å². The van der Waals surface area contributed by atoms with E-state index in [1.807, 2.05) is 0 Å². The Balaban J connectivity index is 2.22. The summed E-state index contributed by atoms with van der Waals surface area (Å²) < 4.78 is 30.2. The molecule has 0 saturated heterocycles. The summed E-state index contributed by atoms with van der Waals surface area (Å²) in [5.41, 5.74) is 1.42. The summed E-state index contributed by atoms with van der Waals surface area (Å²) >= 11 is 1.09. The molecule has 0 saturated carbocycles. The van der Waals surface area contributed by atoms with Crippen LogP contribution in [0.15, 0.2) is 35.6 Å². The minimum Gasteiger partial charge on any atom is -0.481 e. The smallest absolute Gasteiger partial charge is 0.387 e. The van der Waals surface area contributed by atoms with Crippen molar-refractivity contribution in [3.05, 3.63) is 36.2 Å². The molecule has 0 fully saturated rings. The zero-order valence-corrected chi connectivity index (χ0v) is 11.8. The Morgan fingerprint density at radius 1 is 1.43 bits per heavy atom. The molecule has 21 heavy (non-hydrogen) atoms. The van der Waals surface area contributed by atoms with Crippen LogP contribution < -0.4 is 4.74 Å². The molecule has 0 radical (unpaired) electrons. The van der Waals surface area contributed by atoms with Gasteiger partial charge in [-0.15, -0.1) is 0 Å². The van der Waals surface area contributed by atoms with Gasteiger partial charge in [0.15, 0.2) is 5.16 Å². The predicted molar refractivity (Wildman–Crippen MR) is 73.3 cm³/mol. The highest BCUT2D eigenvalue weighted by Crippen LogP contribution is 2.24. The Morgan fingerprint density at radius 2 is 2.10 bits per heavy atom. The number of hydrogen-bond acceptors (Lipinski definition) is 4. The van der Waals surface area contributed by atoms with Crippen LogP contribution in [0, 0.1) is 6.92 Å². The topological polar surface area (TPSA) is 64.3 Å². The van der Waals surface area contributed by atoms with Crippen molar-refractivity contribution in [2.45, 2.75) is 18.7 Å². The molecule has 1 aromatic carbocycles. The van der Waals surface area contributed by atoms with E-state index in [4.69, 9.17) is 5.11 Å². The summed E-state index contributed by atoms with van der Waals surface area (Å²) in [5, 5.41) is 9.24. The molecule has 0 spiro atoms. The second kappa shape index (κ2) is 6.57. The third-order valence-electron chi connectivity index (χ3n) is 2.46. The second-order valence-corrected chi connectivity index (χ2v) is 5.03. The summed E-state index contributed by atoms with van der Waals surface area (Å²) in [7, 11) is 0. The quantitative estimate of drug-likeness (QED) is 0.831. The summed E-state index contributed by atoms with van der Waals surface area (Å²) in [6.07, 6.45) is 1.74. The monoisotopic (exact) mass is 314 g/mol. The lowest BCUT2D eigenvalue weighted by Crippen LogP contribution is -2.03. The molecule has 0 amide bonds.